The van der Waals surface area contributed by atoms with Crippen molar-refractivity contribution in [2.45, 2.75) is 6.54 Å². The first-order valence-electron chi connectivity index (χ1n) is 6.19. The molecule has 0 aliphatic carbocycles. The number of hydrogen-bond acceptors (Lipinski definition) is 4. The number of halogens is 1. The van der Waals surface area contributed by atoms with Gasteiger partial charge in [0, 0.05) is 7.05 Å². The quantitative estimate of drug-likeness (QED) is 0.830. The first kappa shape index (κ1) is 14.6. The van der Waals surface area contributed by atoms with Crippen LogP contribution in [0.15, 0.2) is 30.6 Å². The minimum Gasteiger partial charge on any atom is -0.343 e. The number of rotatable bonds is 5. The third-order valence-corrected chi connectivity index (χ3v) is 2.80. The number of aromatic nitrogens is 3. The molecule has 7 nitrogen and oxygen atoms in total. The number of nitrogens with one attached hydrogen (secondary N) is 2. The van der Waals surface area contributed by atoms with Crippen molar-refractivity contribution < 1.29 is 14.0 Å². The molecule has 0 aliphatic heterocycles. The van der Waals surface area contributed by atoms with Crippen molar-refractivity contribution in [2.75, 3.05) is 13.6 Å². The second-order valence-electron chi connectivity index (χ2n) is 4.34. The van der Waals surface area contributed by atoms with Crippen LogP contribution < -0.4 is 5.32 Å². The summed E-state index contributed by atoms with van der Waals surface area (Å²) in [7, 11) is 1.57. The van der Waals surface area contributed by atoms with Gasteiger partial charge < -0.3 is 10.2 Å². The third-order valence-electron chi connectivity index (χ3n) is 2.80. The van der Waals surface area contributed by atoms with Gasteiger partial charge in [-0.05, 0) is 12.1 Å². The number of likely N-dealkylation sites (N-methyl/N-ethyl adjacent to an activating group) is 1. The molecule has 0 bridgehead atoms. The van der Waals surface area contributed by atoms with E-state index in [0.29, 0.717) is 5.82 Å². The summed E-state index contributed by atoms with van der Waals surface area (Å²) in [6, 6.07) is 5.58. The van der Waals surface area contributed by atoms with Crippen LogP contribution in [0.1, 0.15) is 16.2 Å². The molecule has 0 spiro atoms. The predicted molar refractivity (Wildman–Crippen MR) is 71.6 cm³/mol. The van der Waals surface area contributed by atoms with Crippen LogP contribution in [0.25, 0.3) is 0 Å². The van der Waals surface area contributed by atoms with Crippen molar-refractivity contribution in [3.05, 3.63) is 47.8 Å². The summed E-state index contributed by atoms with van der Waals surface area (Å²) in [6.07, 6.45) is 1.34. The van der Waals surface area contributed by atoms with Crippen LogP contribution in [0.2, 0.25) is 0 Å². The number of amides is 2. The fourth-order valence-electron chi connectivity index (χ4n) is 1.65. The average Bonchev–Trinajstić information content (AvgIpc) is 2.97. The summed E-state index contributed by atoms with van der Waals surface area (Å²) in [5, 5.41) is 8.69. The van der Waals surface area contributed by atoms with Crippen LogP contribution in [0.5, 0.6) is 0 Å². The van der Waals surface area contributed by atoms with Crippen molar-refractivity contribution in [2.24, 2.45) is 0 Å². The van der Waals surface area contributed by atoms with Crippen LogP contribution in [0.3, 0.4) is 0 Å². The lowest BCUT2D eigenvalue weighted by Crippen LogP contribution is -2.38. The molecule has 0 atom stereocenters. The summed E-state index contributed by atoms with van der Waals surface area (Å²) in [4.78, 5) is 28.9. The Bertz CT molecular complexity index is 629. The largest absolute Gasteiger partial charge is 0.343 e. The van der Waals surface area contributed by atoms with Crippen molar-refractivity contribution >= 4 is 11.8 Å². The van der Waals surface area contributed by atoms with Gasteiger partial charge in [0.1, 0.15) is 18.0 Å². The van der Waals surface area contributed by atoms with Gasteiger partial charge in [0.05, 0.1) is 18.7 Å². The fourth-order valence-corrected chi connectivity index (χ4v) is 1.65. The van der Waals surface area contributed by atoms with Crippen LogP contribution in [0, 0.1) is 5.82 Å². The van der Waals surface area contributed by atoms with Crippen LogP contribution in [-0.4, -0.2) is 45.5 Å². The number of nitrogens with zero attached hydrogens (tertiary/aromatic N) is 3. The zero-order valence-corrected chi connectivity index (χ0v) is 11.3. The van der Waals surface area contributed by atoms with Crippen molar-refractivity contribution in [1.29, 1.82) is 0 Å². The molecule has 0 saturated carbocycles. The molecule has 0 fully saturated rings. The van der Waals surface area contributed by atoms with Crippen molar-refractivity contribution in [1.82, 2.24) is 25.4 Å². The Morgan fingerprint density at radius 3 is 2.81 bits per heavy atom. The Hall–Kier alpha value is -2.77. The molecule has 2 aromatic rings. The van der Waals surface area contributed by atoms with Gasteiger partial charge in [-0.3, -0.25) is 14.7 Å². The SMILES string of the molecule is CN(Cc1ncn[nH]1)C(=O)CNC(=O)c1ccccc1F. The van der Waals surface area contributed by atoms with Gasteiger partial charge in [0.25, 0.3) is 5.91 Å². The maximum absolute atomic E-state index is 13.4. The number of H-pyrrole nitrogens is 1. The van der Waals surface area contributed by atoms with Crippen molar-refractivity contribution in [3.63, 3.8) is 0 Å². The molecule has 0 radical (unpaired) electrons. The smallest absolute Gasteiger partial charge is 0.254 e. The minimum atomic E-state index is -0.630. The molecule has 1 aromatic heterocycles. The van der Waals surface area contributed by atoms with E-state index in [4.69, 9.17) is 0 Å². The zero-order chi connectivity index (χ0) is 15.2. The first-order valence-corrected chi connectivity index (χ1v) is 6.19. The standard InChI is InChI=1S/C13H14FN5O2/c1-19(7-11-16-8-17-18-11)12(20)6-15-13(21)9-4-2-3-5-10(9)14/h2-5,8H,6-7H2,1H3,(H,15,21)(H,16,17,18). The van der Waals surface area contributed by atoms with Gasteiger partial charge in [-0.25, -0.2) is 9.37 Å². The molecule has 21 heavy (non-hydrogen) atoms. The molecule has 2 N–H and O–H groups in total. The molecule has 2 amide bonds. The number of carbonyl (C=O) groups excluding carboxylic acids is 2. The Morgan fingerprint density at radius 2 is 2.14 bits per heavy atom. The molecule has 0 unspecified atom stereocenters. The maximum Gasteiger partial charge on any atom is 0.254 e. The summed E-state index contributed by atoms with van der Waals surface area (Å²) in [6.45, 7) is 0.0200. The third kappa shape index (κ3) is 3.85. The van der Waals surface area contributed by atoms with Gasteiger partial charge in [-0.15, -0.1) is 0 Å². The summed E-state index contributed by atoms with van der Waals surface area (Å²) in [5.41, 5.74) is -0.0943. The van der Waals surface area contributed by atoms with E-state index in [1.807, 2.05) is 0 Å². The number of hydrogen-bond donors (Lipinski definition) is 2. The number of benzene rings is 1. The molecular weight excluding hydrogens is 277 g/mol. The molecule has 1 heterocycles. The minimum absolute atomic E-state index is 0.0943. The zero-order valence-electron chi connectivity index (χ0n) is 11.3. The normalized spacial score (nSPS) is 10.2. The van der Waals surface area contributed by atoms with E-state index in [1.54, 1.807) is 13.1 Å². The Morgan fingerprint density at radius 1 is 1.38 bits per heavy atom. The van der Waals surface area contributed by atoms with E-state index in [2.05, 4.69) is 20.5 Å². The molecule has 0 aliphatic rings. The highest BCUT2D eigenvalue weighted by molar-refractivity contribution is 5.96. The first-order chi connectivity index (χ1) is 10.1. The molecule has 0 saturated heterocycles. The van der Waals surface area contributed by atoms with Gasteiger partial charge >= 0.3 is 0 Å². The van der Waals surface area contributed by atoms with Crippen molar-refractivity contribution in [3.8, 4) is 0 Å². The molecular formula is C13H14FN5O2. The van der Waals surface area contributed by atoms with Gasteiger partial charge in [0.15, 0.2) is 0 Å². The Labute approximate surface area is 120 Å². The lowest BCUT2D eigenvalue weighted by molar-refractivity contribution is -0.129. The Kier molecular flexibility index (Phi) is 4.60. The molecule has 8 heteroatoms. The lowest BCUT2D eigenvalue weighted by Gasteiger charge is -2.15. The predicted octanol–water partition coefficient (Wildman–Crippen LogP) is 0.332. The highest BCUT2D eigenvalue weighted by Gasteiger charge is 2.14. The van der Waals surface area contributed by atoms with Gasteiger partial charge in [-0.1, -0.05) is 12.1 Å². The van der Waals surface area contributed by atoms with E-state index in [1.165, 1.54) is 29.4 Å². The highest BCUT2D eigenvalue weighted by Crippen LogP contribution is 2.05. The summed E-state index contributed by atoms with van der Waals surface area (Å²) < 4.78 is 13.4. The van der Waals surface area contributed by atoms with E-state index < -0.39 is 11.7 Å². The van der Waals surface area contributed by atoms with Gasteiger partial charge in [-0.2, -0.15) is 5.10 Å². The second-order valence-corrected chi connectivity index (χ2v) is 4.34. The molecule has 2 rings (SSSR count). The molecule has 110 valence electrons. The summed E-state index contributed by atoms with van der Waals surface area (Å²) in [5.74, 6) is -1.05. The average molecular weight is 291 g/mol. The Balaban J connectivity index is 1.86. The molecule has 1 aromatic carbocycles. The maximum atomic E-state index is 13.4. The van der Waals surface area contributed by atoms with E-state index in [-0.39, 0.29) is 24.6 Å². The second kappa shape index (κ2) is 6.60. The number of carbonyl (C=O) groups is 2. The van der Waals surface area contributed by atoms with Crippen LogP contribution in [-0.2, 0) is 11.3 Å². The highest BCUT2D eigenvalue weighted by atomic mass is 19.1. The fraction of sp³-hybridized carbons (Fsp3) is 0.231. The van der Waals surface area contributed by atoms with E-state index in [0.717, 1.165) is 0 Å². The number of aromatic amines is 1. The monoisotopic (exact) mass is 291 g/mol. The van der Waals surface area contributed by atoms with E-state index >= 15 is 0 Å². The van der Waals surface area contributed by atoms with Crippen LogP contribution >= 0.6 is 0 Å². The van der Waals surface area contributed by atoms with E-state index in [9.17, 15) is 14.0 Å². The topological polar surface area (TPSA) is 91.0 Å². The lowest BCUT2D eigenvalue weighted by atomic mass is 10.2. The van der Waals surface area contributed by atoms with Gasteiger partial charge in [0.2, 0.25) is 5.91 Å². The van der Waals surface area contributed by atoms with Crippen LogP contribution in [0.4, 0.5) is 4.39 Å². The summed E-state index contributed by atoms with van der Waals surface area (Å²) >= 11 is 0.